The number of aryl methyl sites for hydroxylation is 1. The molecule has 94 valence electrons. The van der Waals surface area contributed by atoms with Gasteiger partial charge in [-0.15, -0.1) is 0 Å². The third-order valence-corrected chi connectivity index (χ3v) is 3.50. The second-order valence-electron chi connectivity index (χ2n) is 4.68. The number of nitrogens with zero attached hydrogens (tertiary/aromatic N) is 3. The fourth-order valence-corrected chi connectivity index (χ4v) is 2.55. The number of hydrogen-bond donors (Lipinski definition) is 1. The van der Waals surface area contributed by atoms with Gasteiger partial charge in [0, 0.05) is 24.3 Å². The van der Waals surface area contributed by atoms with Crippen LogP contribution in [0.1, 0.15) is 44.0 Å². The first kappa shape index (κ1) is 12.3. The van der Waals surface area contributed by atoms with Gasteiger partial charge in [-0.1, -0.05) is 6.92 Å². The van der Waals surface area contributed by atoms with Gasteiger partial charge in [0.05, 0.1) is 6.61 Å². The Morgan fingerprint density at radius 3 is 3.00 bits per heavy atom. The summed E-state index contributed by atoms with van der Waals surface area (Å²) in [5, 5.41) is 9.39. The lowest BCUT2D eigenvalue weighted by Gasteiger charge is -2.37. The van der Waals surface area contributed by atoms with Gasteiger partial charge in [0.25, 0.3) is 0 Å². The third-order valence-electron chi connectivity index (χ3n) is 3.50. The fraction of sp³-hybridized carbons (Fsp3) is 0.692. The van der Waals surface area contributed by atoms with E-state index in [-0.39, 0.29) is 6.61 Å². The van der Waals surface area contributed by atoms with Gasteiger partial charge in [-0.25, -0.2) is 9.97 Å². The summed E-state index contributed by atoms with van der Waals surface area (Å²) in [6, 6.07) is 0.559. The molecule has 17 heavy (non-hydrogen) atoms. The lowest BCUT2D eigenvalue weighted by Crippen LogP contribution is -2.40. The molecule has 1 atom stereocenters. The molecule has 0 spiro atoms. The van der Waals surface area contributed by atoms with Gasteiger partial charge >= 0.3 is 0 Å². The Hall–Kier alpha value is -1.16. The van der Waals surface area contributed by atoms with Crippen molar-refractivity contribution in [3.05, 3.63) is 17.6 Å². The van der Waals surface area contributed by atoms with E-state index in [9.17, 15) is 5.11 Å². The minimum absolute atomic E-state index is 0.0164. The smallest absolute Gasteiger partial charge is 0.138 e. The minimum atomic E-state index is 0.0164. The molecular weight excluding hydrogens is 214 g/mol. The Labute approximate surface area is 103 Å². The molecule has 1 N–H and O–H groups in total. The number of aliphatic hydroxyl groups excluding tert-OH is 1. The third kappa shape index (κ3) is 2.57. The Balaban J connectivity index is 2.33. The highest BCUT2D eigenvalue weighted by molar-refractivity contribution is 5.47. The molecule has 1 aromatic heterocycles. The Morgan fingerprint density at radius 1 is 1.47 bits per heavy atom. The number of rotatable bonds is 3. The van der Waals surface area contributed by atoms with Crippen LogP contribution < -0.4 is 4.90 Å². The molecule has 4 nitrogen and oxygen atoms in total. The number of aliphatic hydroxyl groups is 1. The number of piperidine rings is 1. The summed E-state index contributed by atoms with van der Waals surface area (Å²) in [6.07, 6.45) is 6.62. The predicted molar refractivity (Wildman–Crippen MR) is 68.0 cm³/mol. The fourth-order valence-electron chi connectivity index (χ4n) is 2.55. The summed E-state index contributed by atoms with van der Waals surface area (Å²) in [5.41, 5.74) is 0.843. The second kappa shape index (κ2) is 5.45. The van der Waals surface area contributed by atoms with Crippen LogP contribution in [0.4, 0.5) is 5.82 Å². The van der Waals surface area contributed by atoms with Gasteiger partial charge in [-0.3, -0.25) is 0 Å². The average molecular weight is 235 g/mol. The molecule has 1 unspecified atom stereocenters. The van der Waals surface area contributed by atoms with Crippen LogP contribution in [0.15, 0.2) is 6.20 Å². The molecule has 0 aliphatic carbocycles. The summed E-state index contributed by atoms with van der Waals surface area (Å²) in [6.45, 7) is 5.18. The zero-order valence-corrected chi connectivity index (χ0v) is 10.7. The quantitative estimate of drug-likeness (QED) is 0.871. The molecule has 1 aliphatic heterocycles. The van der Waals surface area contributed by atoms with E-state index in [4.69, 9.17) is 0 Å². The predicted octanol–water partition coefficient (Wildman–Crippen LogP) is 2.05. The van der Waals surface area contributed by atoms with E-state index in [2.05, 4.69) is 21.8 Å². The number of hydrogen-bond acceptors (Lipinski definition) is 4. The van der Waals surface area contributed by atoms with E-state index in [1.54, 1.807) is 6.20 Å². The van der Waals surface area contributed by atoms with E-state index >= 15 is 0 Å². The van der Waals surface area contributed by atoms with Gasteiger partial charge in [-0.2, -0.15) is 0 Å². The van der Waals surface area contributed by atoms with Crippen molar-refractivity contribution in [3.8, 4) is 0 Å². The van der Waals surface area contributed by atoms with Gasteiger partial charge < -0.3 is 10.0 Å². The van der Waals surface area contributed by atoms with Crippen molar-refractivity contribution in [2.24, 2.45) is 0 Å². The molecule has 2 heterocycles. The van der Waals surface area contributed by atoms with Gasteiger partial charge in [-0.05, 0) is 32.6 Å². The standard InChI is InChI=1S/C13H21N3O/c1-3-12-6-4-5-7-16(12)13-11(9-17)8-14-10(2)15-13/h8,12,17H,3-7,9H2,1-2H3. The summed E-state index contributed by atoms with van der Waals surface area (Å²) in [7, 11) is 0. The highest BCUT2D eigenvalue weighted by Gasteiger charge is 2.24. The van der Waals surface area contributed by atoms with Crippen molar-refractivity contribution in [3.63, 3.8) is 0 Å². The van der Waals surface area contributed by atoms with Crippen LogP contribution in [-0.4, -0.2) is 27.7 Å². The normalized spacial score (nSPS) is 20.6. The summed E-state index contributed by atoms with van der Waals surface area (Å²) in [4.78, 5) is 11.0. The molecule has 1 saturated heterocycles. The maximum Gasteiger partial charge on any atom is 0.138 e. The molecule has 1 aromatic rings. The summed E-state index contributed by atoms with van der Waals surface area (Å²) in [5.74, 6) is 1.71. The van der Waals surface area contributed by atoms with E-state index < -0.39 is 0 Å². The molecule has 0 radical (unpaired) electrons. The monoisotopic (exact) mass is 235 g/mol. The van der Waals surface area contributed by atoms with Gasteiger partial charge in [0.15, 0.2) is 0 Å². The lowest BCUT2D eigenvalue weighted by molar-refractivity contribution is 0.280. The van der Waals surface area contributed by atoms with Crippen LogP contribution in [0.5, 0.6) is 0 Å². The van der Waals surface area contributed by atoms with E-state index in [0.717, 1.165) is 30.2 Å². The summed E-state index contributed by atoms with van der Waals surface area (Å²) < 4.78 is 0. The number of aromatic nitrogens is 2. The average Bonchev–Trinajstić information content (AvgIpc) is 2.38. The van der Waals surface area contributed by atoms with Crippen molar-refractivity contribution >= 4 is 5.82 Å². The van der Waals surface area contributed by atoms with Crippen LogP contribution in [0.25, 0.3) is 0 Å². The lowest BCUT2D eigenvalue weighted by atomic mass is 9.99. The van der Waals surface area contributed by atoms with Gasteiger partial charge in [0.2, 0.25) is 0 Å². The first-order valence-electron chi connectivity index (χ1n) is 6.46. The first-order chi connectivity index (χ1) is 8.26. The van der Waals surface area contributed by atoms with Crippen LogP contribution in [-0.2, 0) is 6.61 Å². The zero-order valence-electron chi connectivity index (χ0n) is 10.7. The molecule has 1 fully saturated rings. The highest BCUT2D eigenvalue weighted by Crippen LogP contribution is 2.27. The molecule has 0 saturated carbocycles. The van der Waals surface area contributed by atoms with Crippen LogP contribution in [0.2, 0.25) is 0 Å². The second-order valence-corrected chi connectivity index (χ2v) is 4.68. The molecule has 4 heteroatoms. The minimum Gasteiger partial charge on any atom is -0.391 e. The van der Waals surface area contributed by atoms with E-state index in [1.165, 1.54) is 19.3 Å². The van der Waals surface area contributed by atoms with Gasteiger partial charge in [0.1, 0.15) is 11.6 Å². The zero-order chi connectivity index (χ0) is 12.3. The highest BCUT2D eigenvalue weighted by atomic mass is 16.3. The Kier molecular flexibility index (Phi) is 3.94. The van der Waals surface area contributed by atoms with Crippen molar-refractivity contribution in [1.82, 2.24) is 9.97 Å². The Bertz CT molecular complexity index is 381. The largest absolute Gasteiger partial charge is 0.391 e. The topological polar surface area (TPSA) is 49.2 Å². The molecule has 2 rings (SSSR count). The van der Waals surface area contributed by atoms with Crippen molar-refractivity contribution in [2.75, 3.05) is 11.4 Å². The van der Waals surface area contributed by atoms with Crippen LogP contribution >= 0.6 is 0 Å². The van der Waals surface area contributed by atoms with Crippen LogP contribution in [0, 0.1) is 6.92 Å². The molecule has 1 aliphatic rings. The maximum atomic E-state index is 9.39. The van der Waals surface area contributed by atoms with E-state index in [1.807, 2.05) is 6.92 Å². The molecule has 0 amide bonds. The summed E-state index contributed by atoms with van der Waals surface area (Å²) >= 11 is 0. The number of anilines is 1. The Morgan fingerprint density at radius 2 is 2.29 bits per heavy atom. The van der Waals surface area contributed by atoms with Crippen molar-refractivity contribution in [1.29, 1.82) is 0 Å². The SMILES string of the molecule is CCC1CCCCN1c1nc(C)ncc1CO. The van der Waals surface area contributed by atoms with Crippen molar-refractivity contribution < 1.29 is 5.11 Å². The molecular formula is C13H21N3O. The molecule has 0 aromatic carbocycles. The van der Waals surface area contributed by atoms with E-state index in [0.29, 0.717) is 6.04 Å². The van der Waals surface area contributed by atoms with Crippen LogP contribution in [0.3, 0.4) is 0 Å². The molecule has 0 bridgehead atoms. The van der Waals surface area contributed by atoms with Crippen molar-refractivity contribution in [2.45, 2.75) is 52.2 Å². The first-order valence-corrected chi connectivity index (χ1v) is 6.46. The maximum absolute atomic E-state index is 9.39.